The summed E-state index contributed by atoms with van der Waals surface area (Å²) in [6.45, 7) is 2.54. The summed E-state index contributed by atoms with van der Waals surface area (Å²) in [6, 6.07) is 0. The average Bonchev–Trinajstić information content (AvgIpc) is 2.78. The highest BCUT2D eigenvalue weighted by atomic mass is 16.5. The number of aromatic nitrogens is 1. The van der Waals surface area contributed by atoms with Crippen molar-refractivity contribution in [3.05, 3.63) is 17.8 Å². The summed E-state index contributed by atoms with van der Waals surface area (Å²) in [5.41, 5.74) is 5.34. The second kappa shape index (κ2) is 4.41. The van der Waals surface area contributed by atoms with Crippen molar-refractivity contribution in [3.63, 3.8) is 0 Å². The zero-order chi connectivity index (χ0) is 10.7. The van der Waals surface area contributed by atoms with Crippen LogP contribution in [0.15, 0.2) is 10.6 Å². The highest BCUT2D eigenvalue weighted by Crippen LogP contribution is 2.08. The minimum absolute atomic E-state index is 0.148. The molecule has 0 saturated carbocycles. The first-order valence-electron chi connectivity index (χ1n) is 4.83. The zero-order valence-electron chi connectivity index (χ0n) is 8.31. The molecule has 1 aliphatic rings. The van der Waals surface area contributed by atoms with E-state index in [-0.39, 0.29) is 18.2 Å². The number of hydrogen-bond donors (Lipinski definition) is 1. The molecule has 1 amide bonds. The van der Waals surface area contributed by atoms with Gasteiger partial charge in [0.25, 0.3) is 5.91 Å². The third-order valence-electron chi connectivity index (χ3n) is 2.24. The molecule has 0 spiro atoms. The van der Waals surface area contributed by atoms with Gasteiger partial charge in [0.05, 0.1) is 26.0 Å². The van der Waals surface area contributed by atoms with Crippen molar-refractivity contribution < 1.29 is 13.9 Å². The molecule has 0 aliphatic carbocycles. The van der Waals surface area contributed by atoms with Crippen molar-refractivity contribution in [1.29, 1.82) is 0 Å². The van der Waals surface area contributed by atoms with E-state index >= 15 is 0 Å². The number of morpholine rings is 1. The fourth-order valence-electron chi connectivity index (χ4n) is 1.43. The van der Waals surface area contributed by atoms with Crippen LogP contribution in [0.4, 0.5) is 0 Å². The second-order valence-electron chi connectivity index (χ2n) is 3.23. The van der Waals surface area contributed by atoms with E-state index in [1.54, 1.807) is 4.90 Å². The van der Waals surface area contributed by atoms with E-state index in [1.807, 2.05) is 0 Å². The molecule has 1 saturated heterocycles. The van der Waals surface area contributed by atoms with Crippen LogP contribution in [-0.2, 0) is 11.3 Å². The second-order valence-corrected chi connectivity index (χ2v) is 3.23. The average molecular weight is 211 g/mol. The number of hydrogen-bond acceptors (Lipinski definition) is 5. The predicted octanol–water partition coefficient (Wildman–Crippen LogP) is -0.394. The molecule has 82 valence electrons. The van der Waals surface area contributed by atoms with Gasteiger partial charge in [-0.25, -0.2) is 4.98 Å². The van der Waals surface area contributed by atoms with Crippen LogP contribution >= 0.6 is 0 Å². The molecule has 1 aromatic heterocycles. The van der Waals surface area contributed by atoms with Crippen molar-refractivity contribution in [2.24, 2.45) is 5.73 Å². The lowest BCUT2D eigenvalue weighted by Gasteiger charge is -2.25. The van der Waals surface area contributed by atoms with Crippen molar-refractivity contribution >= 4 is 5.91 Å². The number of oxazole rings is 1. The lowest BCUT2D eigenvalue weighted by Crippen LogP contribution is -2.40. The number of carbonyl (C=O) groups is 1. The van der Waals surface area contributed by atoms with E-state index in [1.165, 1.54) is 6.20 Å². The Kier molecular flexibility index (Phi) is 2.98. The molecule has 1 aromatic rings. The number of rotatable bonds is 2. The van der Waals surface area contributed by atoms with Crippen LogP contribution in [0, 0.1) is 0 Å². The Balaban J connectivity index is 2.05. The van der Waals surface area contributed by atoms with Crippen LogP contribution in [-0.4, -0.2) is 42.1 Å². The van der Waals surface area contributed by atoms with Gasteiger partial charge in [0.2, 0.25) is 11.7 Å². The zero-order valence-corrected chi connectivity index (χ0v) is 8.31. The van der Waals surface area contributed by atoms with Gasteiger partial charge < -0.3 is 19.8 Å². The standard InChI is InChI=1S/C9H13N3O3/c10-5-8-11-6-7(15-8)9(13)12-1-3-14-4-2-12/h6H,1-5,10H2. The Hall–Kier alpha value is -1.40. The van der Waals surface area contributed by atoms with Gasteiger partial charge in [-0.2, -0.15) is 0 Å². The van der Waals surface area contributed by atoms with Crippen molar-refractivity contribution in [3.8, 4) is 0 Å². The summed E-state index contributed by atoms with van der Waals surface area (Å²) in [6.07, 6.45) is 1.42. The van der Waals surface area contributed by atoms with Gasteiger partial charge >= 0.3 is 0 Å². The van der Waals surface area contributed by atoms with Gasteiger partial charge in [0, 0.05) is 13.1 Å². The van der Waals surface area contributed by atoms with E-state index in [9.17, 15) is 4.79 Å². The molecule has 0 atom stereocenters. The molecule has 6 heteroatoms. The first-order chi connectivity index (χ1) is 7.31. The van der Waals surface area contributed by atoms with Gasteiger partial charge in [0.1, 0.15) is 0 Å². The van der Waals surface area contributed by atoms with E-state index < -0.39 is 0 Å². The fourth-order valence-corrected chi connectivity index (χ4v) is 1.43. The summed E-state index contributed by atoms with van der Waals surface area (Å²) in [5, 5.41) is 0. The van der Waals surface area contributed by atoms with Gasteiger partial charge in [-0.1, -0.05) is 0 Å². The highest BCUT2D eigenvalue weighted by Gasteiger charge is 2.21. The summed E-state index contributed by atoms with van der Waals surface area (Å²) in [5.74, 6) is 0.481. The van der Waals surface area contributed by atoms with Crippen LogP contribution in [0.1, 0.15) is 16.4 Å². The van der Waals surface area contributed by atoms with E-state index in [0.29, 0.717) is 32.2 Å². The molecule has 1 aliphatic heterocycles. The molecule has 0 radical (unpaired) electrons. The van der Waals surface area contributed by atoms with Gasteiger partial charge in [0.15, 0.2) is 0 Å². The minimum Gasteiger partial charge on any atom is -0.434 e. The van der Waals surface area contributed by atoms with Gasteiger partial charge in [-0.05, 0) is 0 Å². The number of ether oxygens (including phenoxy) is 1. The van der Waals surface area contributed by atoms with Crippen LogP contribution in [0.25, 0.3) is 0 Å². The monoisotopic (exact) mass is 211 g/mol. The van der Waals surface area contributed by atoms with Gasteiger partial charge in [-0.15, -0.1) is 0 Å². The van der Waals surface area contributed by atoms with Crippen LogP contribution < -0.4 is 5.73 Å². The maximum Gasteiger partial charge on any atom is 0.291 e. The molecule has 0 bridgehead atoms. The Morgan fingerprint density at radius 3 is 2.87 bits per heavy atom. The molecular formula is C9H13N3O3. The highest BCUT2D eigenvalue weighted by molar-refractivity contribution is 5.91. The quantitative estimate of drug-likeness (QED) is 0.720. The number of nitrogens with zero attached hydrogens (tertiary/aromatic N) is 2. The maximum atomic E-state index is 11.8. The molecule has 2 rings (SSSR count). The summed E-state index contributed by atoms with van der Waals surface area (Å²) < 4.78 is 10.3. The number of amides is 1. The molecule has 15 heavy (non-hydrogen) atoms. The smallest absolute Gasteiger partial charge is 0.291 e. The largest absolute Gasteiger partial charge is 0.434 e. The normalized spacial score (nSPS) is 16.7. The van der Waals surface area contributed by atoms with E-state index in [2.05, 4.69) is 4.98 Å². The number of nitrogens with two attached hydrogens (primary N) is 1. The topological polar surface area (TPSA) is 81.6 Å². The maximum absolute atomic E-state index is 11.8. The predicted molar refractivity (Wildman–Crippen MR) is 51.1 cm³/mol. The molecule has 2 N–H and O–H groups in total. The lowest BCUT2D eigenvalue weighted by molar-refractivity contribution is 0.0282. The first kappa shape index (κ1) is 10.1. The Bertz CT molecular complexity index is 344. The molecule has 2 heterocycles. The molecule has 6 nitrogen and oxygen atoms in total. The number of carbonyl (C=O) groups excluding carboxylic acids is 1. The Labute approximate surface area is 87.0 Å². The lowest BCUT2D eigenvalue weighted by atomic mass is 10.3. The molecule has 1 fully saturated rings. The van der Waals surface area contributed by atoms with Crippen LogP contribution in [0.2, 0.25) is 0 Å². The first-order valence-corrected chi connectivity index (χ1v) is 4.83. The summed E-state index contributed by atoms with van der Waals surface area (Å²) >= 11 is 0. The summed E-state index contributed by atoms with van der Waals surface area (Å²) in [7, 11) is 0. The van der Waals surface area contributed by atoms with E-state index in [0.717, 1.165) is 0 Å². The molecule has 0 aromatic carbocycles. The van der Waals surface area contributed by atoms with Gasteiger partial charge in [-0.3, -0.25) is 4.79 Å². The third kappa shape index (κ3) is 2.16. The SMILES string of the molecule is NCc1ncc(C(=O)N2CCOCC2)o1. The van der Waals surface area contributed by atoms with Crippen molar-refractivity contribution in [1.82, 2.24) is 9.88 Å². The fraction of sp³-hybridized carbons (Fsp3) is 0.556. The van der Waals surface area contributed by atoms with Crippen LogP contribution in [0.5, 0.6) is 0 Å². The summed E-state index contributed by atoms with van der Waals surface area (Å²) in [4.78, 5) is 17.4. The van der Waals surface area contributed by atoms with Crippen LogP contribution in [0.3, 0.4) is 0 Å². The van der Waals surface area contributed by atoms with E-state index in [4.69, 9.17) is 14.9 Å². The minimum atomic E-state index is -0.148. The Morgan fingerprint density at radius 2 is 2.27 bits per heavy atom. The molecular weight excluding hydrogens is 198 g/mol. The third-order valence-corrected chi connectivity index (χ3v) is 2.24. The molecule has 0 unspecified atom stereocenters. The Morgan fingerprint density at radius 1 is 1.53 bits per heavy atom. The van der Waals surface area contributed by atoms with Crippen molar-refractivity contribution in [2.75, 3.05) is 26.3 Å². The van der Waals surface area contributed by atoms with Crippen molar-refractivity contribution in [2.45, 2.75) is 6.54 Å².